The first kappa shape index (κ1) is 27.1. The minimum absolute atomic E-state index is 0.131. The lowest BCUT2D eigenvalue weighted by Crippen LogP contribution is -2.26. The zero-order valence-electron chi connectivity index (χ0n) is 22.8. The third-order valence-corrected chi connectivity index (χ3v) is 7.19. The van der Waals surface area contributed by atoms with E-state index >= 15 is 0 Å². The number of carbonyl (C=O) groups excluding carboxylic acids is 2. The average Bonchev–Trinajstić information content (AvgIpc) is 3.14. The molecule has 1 N–H and O–H groups in total. The molecule has 1 aromatic heterocycles. The number of hydrogen-bond donors (Lipinski definition) is 1. The van der Waals surface area contributed by atoms with Gasteiger partial charge in [0, 0.05) is 33.8 Å². The zero-order chi connectivity index (χ0) is 27.6. The lowest BCUT2D eigenvalue weighted by Gasteiger charge is -2.16. The molecule has 0 unspecified atom stereocenters. The maximum atomic E-state index is 14.9. The molecule has 198 valence electrons. The van der Waals surface area contributed by atoms with Crippen LogP contribution in [0.5, 0.6) is 5.75 Å². The number of carbonyl (C=O) groups is 2. The van der Waals surface area contributed by atoms with Crippen LogP contribution < -0.4 is 10.1 Å². The first-order valence-corrected chi connectivity index (χ1v) is 13.0. The predicted molar refractivity (Wildman–Crippen MR) is 149 cm³/mol. The van der Waals surface area contributed by atoms with Crippen LogP contribution in [-0.2, 0) is 11.3 Å². The third kappa shape index (κ3) is 5.64. The summed E-state index contributed by atoms with van der Waals surface area (Å²) in [5, 5.41) is 4.09. The summed E-state index contributed by atoms with van der Waals surface area (Å²) in [6, 6.07) is 18.5. The molecule has 0 fully saturated rings. The van der Waals surface area contributed by atoms with Crippen molar-refractivity contribution in [3.8, 4) is 5.75 Å². The highest BCUT2D eigenvalue weighted by atomic mass is 19.1. The van der Waals surface area contributed by atoms with Crippen LogP contribution in [0.1, 0.15) is 78.0 Å². The normalized spacial score (nSPS) is 12.9. The number of amides is 1. The molecule has 3 aromatic carbocycles. The summed E-state index contributed by atoms with van der Waals surface area (Å²) in [7, 11) is 0. The number of benzene rings is 3. The molecule has 6 heteroatoms. The fraction of sp³-hybridized carbons (Fsp3) is 0.312. The van der Waals surface area contributed by atoms with Crippen LogP contribution in [0, 0.1) is 19.7 Å². The number of fused-ring (bicyclic) bond motifs is 1. The number of halogens is 1. The molecule has 38 heavy (non-hydrogen) atoms. The molecule has 0 aliphatic rings. The summed E-state index contributed by atoms with van der Waals surface area (Å²) in [5.74, 6) is 0.203. The van der Waals surface area contributed by atoms with Gasteiger partial charge in [0.05, 0.1) is 12.6 Å². The Morgan fingerprint density at radius 2 is 1.74 bits per heavy atom. The van der Waals surface area contributed by atoms with Crippen molar-refractivity contribution in [1.82, 2.24) is 9.88 Å². The van der Waals surface area contributed by atoms with Gasteiger partial charge in [-0.2, -0.15) is 0 Å². The Labute approximate surface area is 223 Å². The van der Waals surface area contributed by atoms with Gasteiger partial charge in [-0.25, -0.2) is 4.39 Å². The van der Waals surface area contributed by atoms with Gasteiger partial charge in [-0.1, -0.05) is 44.2 Å². The fourth-order valence-corrected chi connectivity index (χ4v) is 4.69. The molecule has 4 aromatic rings. The Balaban J connectivity index is 1.57. The van der Waals surface area contributed by atoms with E-state index in [1.54, 1.807) is 19.1 Å². The van der Waals surface area contributed by atoms with Gasteiger partial charge < -0.3 is 14.6 Å². The van der Waals surface area contributed by atoms with E-state index in [-0.39, 0.29) is 11.9 Å². The fourth-order valence-electron chi connectivity index (χ4n) is 4.69. The summed E-state index contributed by atoms with van der Waals surface area (Å²) < 4.78 is 22.4. The third-order valence-electron chi connectivity index (χ3n) is 7.19. The van der Waals surface area contributed by atoms with Crippen LogP contribution in [0.25, 0.3) is 10.9 Å². The predicted octanol–water partition coefficient (Wildman–Crippen LogP) is 7.03. The zero-order valence-corrected chi connectivity index (χ0v) is 22.8. The van der Waals surface area contributed by atoms with Gasteiger partial charge in [0.2, 0.25) is 0 Å². The van der Waals surface area contributed by atoms with E-state index in [2.05, 4.69) is 35.9 Å². The molecule has 0 bridgehead atoms. The molecule has 0 spiro atoms. The largest absolute Gasteiger partial charge is 0.483 e. The molecule has 1 amide bonds. The van der Waals surface area contributed by atoms with Gasteiger partial charge in [0.1, 0.15) is 11.6 Å². The molecule has 5 nitrogen and oxygen atoms in total. The van der Waals surface area contributed by atoms with E-state index in [4.69, 9.17) is 4.74 Å². The van der Waals surface area contributed by atoms with Crippen LogP contribution in [0.15, 0.2) is 60.7 Å². The van der Waals surface area contributed by atoms with Gasteiger partial charge in [0.15, 0.2) is 12.4 Å². The Morgan fingerprint density at radius 1 is 1.00 bits per heavy atom. The molecule has 0 aliphatic heterocycles. The van der Waals surface area contributed by atoms with Crippen LogP contribution in [0.2, 0.25) is 0 Å². The summed E-state index contributed by atoms with van der Waals surface area (Å²) in [5.41, 5.74) is 6.40. The molecule has 0 aliphatic carbocycles. The Kier molecular flexibility index (Phi) is 8.00. The van der Waals surface area contributed by atoms with E-state index < -0.39 is 11.9 Å². The highest BCUT2D eigenvalue weighted by Crippen LogP contribution is 2.29. The van der Waals surface area contributed by atoms with Crippen LogP contribution in [0.4, 0.5) is 4.39 Å². The van der Waals surface area contributed by atoms with E-state index in [0.29, 0.717) is 35.6 Å². The SMILES string of the molecule is Cc1c(C)n(Cc2ccc(O[C@@H](C)C=O)cc2F)c2ccc(C(=O)N[C@@H](C)c3cccc(C(C)C)c3)cc12. The number of hydrogen-bond acceptors (Lipinski definition) is 3. The van der Waals surface area contributed by atoms with Crippen molar-refractivity contribution >= 4 is 23.1 Å². The quantitative estimate of drug-likeness (QED) is 0.244. The van der Waals surface area contributed by atoms with E-state index in [1.807, 2.05) is 51.1 Å². The maximum Gasteiger partial charge on any atom is 0.251 e. The molecular weight excluding hydrogens is 479 g/mol. The van der Waals surface area contributed by atoms with E-state index in [9.17, 15) is 14.0 Å². The smallest absolute Gasteiger partial charge is 0.251 e. The van der Waals surface area contributed by atoms with Crippen LogP contribution >= 0.6 is 0 Å². The molecular formula is C32H35FN2O3. The number of nitrogens with zero attached hydrogens (tertiary/aromatic N) is 1. The Hall–Kier alpha value is -3.93. The summed E-state index contributed by atoms with van der Waals surface area (Å²) in [6.45, 7) is 12.3. The van der Waals surface area contributed by atoms with Gasteiger partial charge in [-0.15, -0.1) is 0 Å². The number of rotatable bonds is 9. The minimum atomic E-state index is -0.641. The maximum absolute atomic E-state index is 14.9. The van der Waals surface area contributed by atoms with Crippen molar-refractivity contribution in [3.05, 3.63) is 100.0 Å². The second kappa shape index (κ2) is 11.2. The van der Waals surface area contributed by atoms with Crippen molar-refractivity contribution in [3.63, 3.8) is 0 Å². The lowest BCUT2D eigenvalue weighted by atomic mass is 9.98. The van der Waals surface area contributed by atoms with Gasteiger partial charge >= 0.3 is 0 Å². The molecule has 0 saturated heterocycles. The lowest BCUT2D eigenvalue weighted by molar-refractivity contribution is -0.113. The van der Waals surface area contributed by atoms with Gasteiger partial charge in [-0.05, 0) is 74.6 Å². The van der Waals surface area contributed by atoms with Crippen LogP contribution in [-0.4, -0.2) is 22.9 Å². The first-order valence-electron chi connectivity index (χ1n) is 13.0. The standard InChI is InChI=1S/C32H35FN2O3/c1-19(2)24-8-7-9-25(14-24)22(5)34-32(37)26-11-13-31-29(15-26)21(4)23(6)35(31)17-27-10-12-28(16-30(27)33)38-20(3)18-36/h7-16,18-20,22H,17H2,1-6H3,(H,34,37)/t20-,22-/m0/s1. The topological polar surface area (TPSA) is 60.3 Å². The average molecular weight is 515 g/mol. The number of aldehydes is 1. The van der Waals surface area contributed by atoms with Crippen molar-refractivity contribution in [2.24, 2.45) is 0 Å². The van der Waals surface area contributed by atoms with Crippen LogP contribution in [0.3, 0.4) is 0 Å². The Morgan fingerprint density at radius 3 is 2.42 bits per heavy atom. The molecule has 0 saturated carbocycles. The monoisotopic (exact) mass is 514 g/mol. The van der Waals surface area contributed by atoms with Gasteiger partial charge in [-0.3, -0.25) is 9.59 Å². The number of aryl methyl sites for hydroxylation is 1. The molecule has 2 atom stereocenters. The number of aromatic nitrogens is 1. The Bertz CT molecular complexity index is 1490. The van der Waals surface area contributed by atoms with Crippen molar-refractivity contribution in [1.29, 1.82) is 0 Å². The van der Waals surface area contributed by atoms with E-state index in [0.717, 1.165) is 27.7 Å². The molecule has 0 radical (unpaired) electrons. The second-order valence-electron chi connectivity index (χ2n) is 10.3. The highest BCUT2D eigenvalue weighted by Gasteiger charge is 2.18. The molecule has 1 heterocycles. The van der Waals surface area contributed by atoms with Crippen molar-refractivity contribution in [2.45, 2.75) is 66.2 Å². The summed E-state index contributed by atoms with van der Waals surface area (Å²) >= 11 is 0. The highest BCUT2D eigenvalue weighted by molar-refractivity contribution is 5.99. The summed E-state index contributed by atoms with van der Waals surface area (Å²) in [6.07, 6.45) is 0.0294. The minimum Gasteiger partial charge on any atom is -0.483 e. The van der Waals surface area contributed by atoms with Crippen molar-refractivity contribution < 1.29 is 18.7 Å². The molecule has 4 rings (SSSR count). The summed E-state index contributed by atoms with van der Waals surface area (Å²) in [4.78, 5) is 24.0. The van der Waals surface area contributed by atoms with E-state index in [1.165, 1.54) is 11.6 Å². The van der Waals surface area contributed by atoms with Gasteiger partial charge in [0.25, 0.3) is 5.91 Å². The number of ether oxygens (including phenoxy) is 1. The first-order chi connectivity index (χ1) is 18.1. The van der Waals surface area contributed by atoms with Crippen molar-refractivity contribution in [2.75, 3.05) is 0 Å². The number of nitrogens with one attached hydrogen (secondary N) is 1. The second-order valence-corrected chi connectivity index (χ2v) is 10.3.